The average molecular weight is 333 g/mol. The second-order valence-electron chi connectivity index (χ2n) is 5.81. The summed E-state index contributed by atoms with van der Waals surface area (Å²) in [5.41, 5.74) is 6.13. The molecular weight excluding hydrogens is 310 g/mol. The van der Waals surface area contributed by atoms with Crippen molar-refractivity contribution in [2.75, 3.05) is 13.1 Å². The molecule has 1 heterocycles. The van der Waals surface area contributed by atoms with Gasteiger partial charge in [0.2, 0.25) is 5.91 Å². The zero-order chi connectivity index (χ0) is 15.4. The van der Waals surface area contributed by atoms with Gasteiger partial charge in [-0.2, -0.15) is 0 Å². The molecular formula is C16H23ClF2N2O. The van der Waals surface area contributed by atoms with Crippen LogP contribution in [0.1, 0.15) is 31.7 Å². The number of likely N-dealkylation sites (tertiary alicyclic amines) is 1. The second kappa shape index (κ2) is 8.44. The van der Waals surface area contributed by atoms with Crippen LogP contribution in [0, 0.1) is 17.6 Å². The molecule has 0 aliphatic carbocycles. The zero-order valence-corrected chi connectivity index (χ0v) is 13.5. The SMILES string of the molecule is CC(N)C1CCN(C(=O)CCc2cc(F)ccc2F)CC1.Cl. The number of benzene rings is 1. The molecule has 1 aromatic rings. The first-order valence-corrected chi connectivity index (χ1v) is 7.44. The lowest BCUT2D eigenvalue weighted by atomic mass is 9.91. The monoisotopic (exact) mass is 332 g/mol. The third kappa shape index (κ3) is 4.92. The van der Waals surface area contributed by atoms with Crippen LogP contribution in [0.25, 0.3) is 0 Å². The molecule has 1 amide bonds. The highest BCUT2D eigenvalue weighted by molar-refractivity contribution is 5.85. The number of piperidine rings is 1. The van der Waals surface area contributed by atoms with Crippen molar-refractivity contribution in [3.8, 4) is 0 Å². The molecule has 1 aliphatic heterocycles. The largest absolute Gasteiger partial charge is 0.343 e. The molecule has 1 fully saturated rings. The van der Waals surface area contributed by atoms with Crippen molar-refractivity contribution in [2.45, 2.75) is 38.6 Å². The molecule has 0 radical (unpaired) electrons. The van der Waals surface area contributed by atoms with Crippen molar-refractivity contribution in [3.05, 3.63) is 35.4 Å². The molecule has 1 atom stereocenters. The molecule has 3 nitrogen and oxygen atoms in total. The minimum absolute atomic E-state index is 0. The van der Waals surface area contributed by atoms with Crippen molar-refractivity contribution in [2.24, 2.45) is 11.7 Å². The highest BCUT2D eigenvalue weighted by Crippen LogP contribution is 2.20. The molecule has 2 N–H and O–H groups in total. The standard InChI is InChI=1S/C16H22F2N2O.ClH/c1-11(19)12-6-8-20(9-7-12)16(21)5-2-13-10-14(17)3-4-15(13)18;/h3-4,10-12H,2,5-9,19H2,1H3;1H. The Labute approximate surface area is 136 Å². The number of nitrogens with zero attached hydrogens (tertiary/aromatic N) is 1. The Hall–Kier alpha value is -1.20. The molecule has 2 rings (SSSR count). The lowest BCUT2D eigenvalue weighted by Crippen LogP contribution is -2.42. The first kappa shape index (κ1) is 18.8. The maximum absolute atomic E-state index is 13.5. The maximum Gasteiger partial charge on any atom is 0.222 e. The highest BCUT2D eigenvalue weighted by atomic mass is 35.5. The van der Waals surface area contributed by atoms with Gasteiger partial charge < -0.3 is 10.6 Å². The lowest BCUT2D eigenvalue weighted by molar-refractivity contribution is -0.132. The number of aryl methyl sites for hydroxylation is 1. The second-order valence-corrected chi connectivity index (χ2v) is 5.81. The van der Waals surface area contributed by atoms with Gasteiger partial charge in [0, 0.05) is 25.6 Å². The summed E-state index contributed by atoms with van der Waals surface area (Å²) in [6.07, 6.45) is 2.27. The van der Waals surface area contributed by atoms with E-state index in [1.807, 2.05) is 6.92 Å². The minimum Gasteiger partial charge on any atom is -0.343 e. The number of rotatable bonds is 4. The van der Waals surface area contributed by atoms with E-state index in [0.29, 0.717) is 19.0 Å². The topological polar surface area (TPSA) is 46.3 Å². The van der Waals surface area contributed by atoms with E-state index in [9.17, 15) is 13.6 Å². The molecule has 6 heteroatoms. The Morgan fingerprint density at radius 3 is 2.59 bits per heavy atom. The van der Waals surface area contributed by atoms with E-state index in [1.54, 1.807) is 4.90 Å². The predicted molar refractivity (Wildman–Crippen MR) is 84.9 cm³/mol. The summed E-state index contributed by atoms with van der Waals surface area (Å²) < 4.78 is 26.6. The third-order valence-corrected chi connectivity index (χ3v) is 4.25. The van der Waals surface area contributed by atoms with E-state index in [-0.39, 0.29) is 42.8 Å². The number of amides is 1. The Kier molecular flexibility index (Phi) is 7.23. The van der Waals surface area contributed by atoms with Crippen molar-refractivity contribution in [1.82, 2.24) is 4.90 Å². The number of halogens is 3. The quantitative estimate of drug-likeness (QED) is 0.921. The normalized spacial score (nSPS) is 17.0. The zero-order valence-electron chi connectivity index (χ0n) is 12.7. The van der Waals surface area contributed by atoms with Crippen LogP contribution in [-0.2, 0) is 11.2 Å². The van der Waals surface area contributed by atoms with Crippen molar-refractivity contribution in [3.63, 3.8) is 0 Å². The van der Waals surface area contributed by atoms with Gasteiger partial charge in [-0.05, 0) is 55.9 Å². The van der Waals surface area contributed by atoms with Crippen LogP contribution in [0.5, 0.6) is 0 Å². The number of carbonyl (C=O) groups excluding carboxylic acids is 1. The molecule has 1 aliphatic rings. The van der Waals surface area contributed by atoms with Gasteiger partial charge >= 0.3 is 0 Å². The van der Waals surface area contributed by atoms with Crippen LogP contribution in [0.4, 0.5) is 8.78 Å². The molecule has 124 valence electrons. The molecule has 1 unspecified atom stereocenters. The molecule has 1 saturated heterocycles. The molecule has 0 aromatic heterocycles. The van der Waals surface area contributed by atoms with Crippen molar-refractivity contribution >= 4 is 18.3 Å². The molecule has 0 bridgehead atoms. The third-order valence-electron chi connectivity index (χ3n) is 4.25. The lowest BCUT2D eigenvalue weighted by Gasteiger charge is -2.33. The summed E-state index contributed by atoms with van der Waals surface area (Å²) >= 11 is 0. The predicted octanol–water partition coefficient (Wildman–Crippen LogP) is 2.91. The van der Waals surface area contributed by atoms with Gasteiger partial charge in [0.25, 0.3) is 0 Å². The van der Waals surface area contributed by atoms with Crippen LogP contribution >= 0.6 is 12.4 Å². The summed E-state index contributed by atoms with van der Waals surface area (Å²) in [5, 5.41) is 0. The van der Waals surface area contributed by atoms with Crippen LogP contribution in [-0.4, -0.2) is 29.9 Å². The van der Waals surface area contributed by atoms with Crippen molar-refractivity contribution in [1.29, 1.82) is 0 Å². The van der Waals surface area contributed by atoms with E-state index in [0.717, 1.165) is 31.0 Å². The van der Waals surface area contributed by atoms with Crippen LogP contribution in [0.2, 0.25) is 0 Å². The highest BCUT2D eigenvalue weighted by Gasteiger charge is 2.24. The van der Waals surface area contributed by atoms with E-state index in [2.05, 4.69) is 0 Å². The Balaban J connectivity index is 0.00000242. The van der Waals surface area contributed by atoms with Crippen LogP contribution in [0.3, 0.4) is 0 Å². The Morgan fingerprint density at radius 1 is 1.36 bits per heavy atom. The molecule has 0 saturated carbocycles. The molecule has 0 spiro atoms. The molecule has 22 heavy (non-hydrogen) atoms. The van der Waals surface area contributed by atoms with Gasteiger partial charge in [-0.3, -0.25) is 4.79 Å². The van der Waals surface area contributed by atoms with Gasteiger partial charge in [0.1, 0.15) is 11.6 Å². The summed E-state index contributed by atoms with van der Waals surface area (Å²) in [7, 11) is 0. The number of nitrogens with two attached hydrogens (primary N) is 1. The van der Waals surface area contributed by atoms with Gasteiger partial charge in [0.15, 0.2) is 0 Å². The summed E-state index contributed by atoms with van der Waals surface area (Å²) in [4.78, 5) is 13.9. The van der Waals surface area contributed by atoms with E-state index in [1.165, 1.54) is 0 Å². The van der Waals surface area contributed by atoms with Gasteiger partial charge in [0.05, 0.1) is 0 Å². The smallest absolute Gasteiger partial charge is 0.222 e. The van der Waals surface area contributed by atoms with Crippen LogP contribution < -0.4 is 5.73 Å². The van der Waals surface area contributed by atoms with Crippen LogP contribution in [0.15, 0.2) is 18.2 Å². The van der Waals surface area contributed by atoms with E-state index >= 15 is 0 Å². The fourth-order valence-corrected chi connectivity index (χ4v) is 2.81. The Morgan fingerprint density at radius 2 is 2.00 bits per heavy atom. The Bertz CT molecular complexity index is 503. The minimum atomic E-state index is -0.475. The van der Waals surface area contributed by atoms with E-state index < -0.39 is 11.6 Å². The summed E-state index contributed by atoms with van der Waals surface area (Å²) in [6.45, 7) is 3.40. The fraction of sp³-hybridized carbons (Fsp3) is 0.562. The number of hydrogen-bond acceptors (Lipinski definition) is 2. The van der Waals surface area contributed by atoms with Gasteiger partial charge in [-0.15, -0.1) is 12.4 Å². The molecule has 1 aromatic carbocycles. The summed E-state index contributed by atoms with van der Waals surface area (Å²) in [6, 6.07) is 3.50. The summed E-state index contributed by atoms with van der Waals surface area (Å²) in [5.74, 6) is -0.465. The maximum atomic E-state index is 13.5. The fourth-order valence-electron chi connectivity index (χ4n) is 2.81. The van der Waals surface area contributed by atoms with Gasteiger partial charge in [-0.1, -0.05) is 0 Å². The first-order valence-electron chi connectivity index (χ1n) is 7.44. The number of carbonyl (C=O) groups is 1. The van der Waals surface area contributed by atoms with Crippen molar-refractivity contribution < 1.29 is 13.6 Å². The van der Waals surface area contributed by atoms with Gasteiger partial charge in [-0.25, -0.2) is 8.78 Å². The first-order chi connectivity index (χ1) is 9.97. The number of hydrogen-bond donors (Lipinski definition) is 1. The van der Waals surface area contributed by atoms with E-state index in [4.69, 9.17) is 5.73 Å². The average Bonchev–Trinajstić information content (AvgIpc) is 2.48.